The molecule has 0 saturated carbocycles. The van der Waals surface area contributed by atoms with Gasteiger partial charge in [-0.3, -0.25) is 24.6 Å². The lowest BCUT2D eigenvalue weighted by Crippen LogP contribution is -2.27. The van der Waals surface area contributed by atoms with Crippen molar-refractivity contribution in [3.8, 4) is 5.75 Å². The number of benzene rings is 3. The van der Waals surface area contributed by atoms with Crippen molar-refractivity contribution in [2.75, 3.05) is 0 Å². The molecule has 34 heavy (non-hydrogen) atoms. The Morgan fingerprint density at radius 3 is 2.50 bits per heavy atom. The molecule has 4 rings (SSSR count). The standard InChI is InChI=1S/C24H16Cl2N2O5S/c25-18-7-6-17(21(26)12-18)14-33-20-3-1-2-16(10-20)11-22-23(29)27(24(30)34-22)13-15-4-8-19(9-5-15)28(31)32/h1-12H,13-14H2. The summed E-state index contributed by atoms with van der Waals surface area (Å²) in [6, 6.07) is 18.0. The van der Waals surface area contributed by atoms with Gasteiger partial charge in [-0.25, -0.2) is 0 Å². The topological polar surface area (TPSA) is 89.8 Å². The predicted octanol–water partition coefficient (Wildman–Crippen LogP) is 6.72. The highest BCUT2D eigenvalue weighted by atomic mass is 35.5. The SMILES string of the molecule is O=C1SC(=Cc2cccc(OCc3ccc(Cl)cc3Cl)c2)C(=O)N1Cc1ccc([N+](=O)[O-])cc1. The van der Waals surface area contributed by atoms with E-state index in [9.17, 15) is 19.7 Å². The van der Waals surface area contributed by atoms with Crippen LogP contribution in [0.5, 0.6) is 5.75 Å². The van der Waals surface area contributed by atoms with E-state index in [1.54, 1.807) is 48.5 Å². The molecular weight excluding hydrogens is 499 g/mol. The van der Waals surface area contributed by atoms with Crippen molar-refractivity contribution in [2.45, 2.75) is 13.2 Å². The maximum atomic E-state index is 12.8. The van der Waals surface area contributed by atoms with Gasteiger partial charge >= 0.3 is 0 Å². The van der Waals surface area contributed by atoms with Crippen molar-refractivity contribution in [1.82, 2.24) is 4.90 Å². The maximum Gasteiger partial charge on any atom is 0.293 e. The number of non-ortho nitro benzene ring substituents is 1. The van der Waals surface area contributed by atoms with Crippen molar-refractivity contribution in [3.63, 3.8) is 0 Å². The van der Waals surface area contributed by atoms with E-state index in [4.69, 9.17) is 27.9 Å². The molecule has 0 unspecified atom stereocenters. The molecule has 0 bridgehead atoms. The van der Waals surface area contributed by atoms with Crippen molar-refractivity contribution < 1.29 is 19.2 Å². The summed E-state index contributed by atoms with van der Waals surface area (Å²) < 4.78 is 5.82. The summed E-state index contributed by atoms with van der Waals surface area (Å²) in [5.41, 5.74) is 2.04. The van der Waals surface area contributed by atoms with E-state index >= 15 is 0 Å². The minimum Gasteiger partial charge on any atom is -0.489 e. The van der Waals surface area contributed by atoms with Gasteiger partial charge in [-0.1, -0.05) is 53.5 Å². The second kappa shape index (κ2) is 10.3. The van der Waals surface area contributed by atoms with Crippen LogP contribution >= 0.6 is 35.0 Å². The molecule has 1 saturated heterocycles. The predicted molar refractivity (Wildman–Crippen MR) is 132 cm³/mol. The number of ether oxygens (including phenoxy) is 1. The highest BCUT2D eigenvalue weighted by Crippen LogP contribution is 2.34. The number of halogens is 2. The lowest BCUT2D eigenvalue weighted by atomic mass is 10.2. The molecule has 0 N–H and O–H groups in total. The summed E-state index contributed by atoms with van der Waals surface area (Å²) in [6.45, 7) is 0.274. The second-order valence-electron chi connectivity index (χ2n) is 7.29. The Labute approximate surface area is 209 Å². The van der Waals surface area contributed by atoms with Crippen LogP contribution in [0.25, 0.3) is 6.08 Å². The number of carbonyl (C=O) groups is 2. The molecule has 2 amide bonds. The summed E-state index contributed by atoms with van der Waals surface area (Å²) in [5.74, 6) is 0.150. The monoisotopic (exact) mass is 514 g/mol. The van der Waals surface area contributed by atoms with Crippen LogP contribution in [0.2, 0.25) is 10.0 Å². The van der Waals surface area contributed by atoms with E-state index in [1.807, 2.05) is 0 Å². The number of thioether (sulfide) groups is 1. The van der Waals surface area contributed by atoms with E-state index in [1.165, 1.54) is 24.3 Å². The number of hydrogen-bond donors (Lipinski definition) is 0. The Bertz CT molecular complexity index is 1310. The Morgan fingerprint density at radius 2 is 1.79 bits per heavy atom. The second-order valence-corrected chi connectivity index (χ2v) is 9.13. The molecule has 3 aromatic rings. The van der Waals surface area contributed by atoms with Gasteiger partial charge in [0.1, 0.15) is 12.4 Å². The zero-order chi connectivity index (χ0) is 24.2. The van der Waals surface area contributed by atoms with Crippen LogP contribution in [0.3, 0.4) is 0 Å². The highest BCUT2D eigenvalue weighted by molar-refractivity contribution is 8.18. The van der Waals surface area contributed by atoms with Gasteiger partial charge in [0, 0.05) is 27.7 Å². The van der Waals surface area contributed by atoms with Gasteiger partial charge in [-0.05, 0) is 53.2 Å². The number of imide groups is 1. The van der Waals surface area contributed by atoms with E-state index in [-0.39, 0.29) is 23.7 Å². The number of nitro benzene ring substituents is 1. The van der Waals surface area contributed by atoms with E-state index < -0.39 is 16.1 Å². The van der Waals surface area contributed by atoms with Crippen LogP contribution in [0.15, 0.2) is 71.6 Å². The van der Waals surface area contributed by atoms with Crippen LogP contribution in [-0.4, -0.2) is 21.0 Å². The lowest BCUT2D eigenvalue weighted by molar-refractivity contribution is -0.384. The molecule has 0 aromatic heterocycles. The summed E-state index contributed by atoms with van der Waals surface area (Å²) in [4.78, 5) is 36.9. The molecule has 3 aromatic carbocycles. The summed E-state index contributed by atoms with van der Waals surface area (Å²) in [6.07, 6.45) is 1.63. The number of nitrogens with zero attached hydrogens (tertiary/aromatic N) is 2. The number of nitro groups is 1. The zero-order valence-electron chi connectivity index (χ0n) is 17.4. The molecule has 1 fully saturated rings. The van der Waals surface area contributed by atoms with E-state index in [2.05, 4.69) is 0 Å². The van der Waals surface area contributed by atoms with Crippen molar-refractivity contribution >= 4 is 57.9 Å². The largest absolute Gasteiger partial charge is 0.489 e. The molecular formula is C24H16Cl2N2O5S. The molecule has 0 aliphatic carbocycles. The number of hydrogen-bond acceptors (Lipinski definition) is 6. The zero-order valence-corrected chi connectivity index (χ0v) is 19.8. The van der Waals surface area contributed by atoms with Gasteiger partial charge in [0.05, 0.1) is 16.4 Å². The number of amides is 2. The average Bonchev–Trinajstić information content (AvgIpc) is 3.06. The van der Waals surface area contributed by atoms with Gasteiger partial charge in [0.2, 0.25) is 0 Å². The van der Waals surface area contributed by atoms with E-state index in [0.29, 0.717) is 26.9 Å². The van der Waals surface area contributed by atoms with Crippen LogP contribution in [0.1, 0.15) is 16.7 Å². The summed E-state index contributed by atoms with van der Waals surface area (Å²) >= 11 is 12.9. The third kappa shape index (κ3) is 5.59. The summed E-state index contributed by atoms with van der Waals surface area (Å²) in [7, 11) is 0. The first-order valence-corrected chi connectivity index (χ1v) is 11.5. The van der Waals surface area contributed by atoms with Gasteiger partial charge in [-0.2, -0.15) is 0 Å². The van der Waals surface area contributed by atoms with Gasteiger partial charge in [0.25, 0.3) is 16.8 Å². The number of rotatable bonds is 7. The third-order valence-corrected chi connectivity index (χ3v) is 6.42. The molecule has 10 heteroatoms. The first-order chi connectivity index (χ1) is 16.3. The van der Waals surface area contributed by atoms with Crippen LogP contribution in [0, 0.1) is 10.1 Å². The minimum absolute atomic E-state index is 0.0327. The van der Waals surface area contributed by atoms with Crippen LogP contribution < -0.4 is 4.74 Å². The van der Waals surface area contributed by atoms with Gasteiger partial charge in [-0.15, -0.1) is 0 Å². The van der Waals surface area contributed by atoms with Crippen LogP contribution in [0.4, 0.5) is 10.5 Å². The quantitative estimate of drug-likeness (QED) is 0.197. The molecule has 1 aliphatic rings. The molecule has 0 radical (unpaired) electrons. The van der Waals surface area contributed by atoms with Gasteiger partial charge < -0.3 is 4.74 Å². The fraction of sp³-hybridized carbons (Fsp3) is 0.0833. The summed E-state index contributed by atoms with van der Waals surface area (Å²) in [5, 5.41) is 11.4. The molecule has 1 heterocycles. The Balaban J connectivity index is 1.44. The third-order valence-electron chi connectivity index (χ3n) is 4.93. The Hall–Kier alpha value is -3.33. The van der Waals surface area contributed by atoms with Crippen molar-refractivity contribution in [2.24, 2.45) is 0 Å². The smallest absolute Gasteiger partial charge is 0.293 e. The first kappa shape index (κ1) is 23.8. The minimum atomic E-state index is -0.505. The van der Waals surface area contributed by atoms with Gasteiger partial charge in [0.15, 0.2) is 0 Å². The Kier molecular flexibility index (Phi) is 7.21. The Morgan fingerprint density at radius 1 is 1.03 bits per heavy atom. The number of carbonyl (C=O) groups excluding carboxylic acids is 2. The fourth-order valence-electron chi connectivity index (χ4n) is 3.19. The molecule has 172 valence electrons. The molecule has 7 nitrogen and oxygen atoms in total. The maximum absolute atomic E-state index is 12.8. The highest BCUT2D eigenvalue weighted by Gasteiger charge is 2.35. The van der Waals surface area contributed by atoms with Crippen molar-refractivity contribution in [3.05, 3.63) is 108 Å². The van der Waals surface area contributed by atoms with Crippen LogP contribution in [-0.2, 0) is 17.9 Å². The lowest BCUT2D eigenvalue weighted by Gasteiger charge is -2.12. The van der Waals surface area contributed by atoms with Crippen molar-refractivity contribution in [1.29, 1.82) is 0 Å². The molecule has 1 aliphatic heterocycles. The normalized spacial score (nSPS) is 14.6. The fourth-order valence-corrected chi connectivity index (χ4v) is 4.49. The molecule has 0 spiro atoms. The first-order valence-electron chi connectivity index (χ1n) is 9.95. The average molecular weight is 515 g/mol. The molecule has 0 atom stereocenters. The van der Waals surface area contributed by atoms with E-state index in [0.717, 1.165) is 22.2 Å².